The maximum Gasteiger partial charge on any atom is 0.0847 e. The fourth-order valence-corrected chi connectivity index (χ4v) is 1.36. The second-order valence-corrected chi connectivity index (χ2v) is 3.83. The molecule has 0 fully saturated rings. The minimum atomic E-state index is 0.106. The van der Waals surface area contributed by atoms with E-state index in [2.05, 4.69) is 13.8 Å². The number of rotatable bonds is 8. The lowest BCUT2D eigenvalue weighted by atomic mass is 10.0. The Hall–Kier alpha value is -0.0400. The van der Waals surface area contributed by atoms with Crippen molar-refractivity contribution >= 4 is 0 Å². The van der Waals surface area contributed by atoms with E-state index >= 15 is 0 Å². The number of hydrogen-bond donors (Lipinski definition) is 0. The summed E-state index contributed by atoms with van der Waals surface area (Å²) in [6, 6.07) is 0. The summed E-state index contributed by atoms with van der Waals surface area (Å²) in [6.07, 6.45) is 9.14. The summed E-state index contributed by atoms with van der Waals surface area (Å²) in [5, 5.41) is 10.4. The highest BCUT2D eigenvalue weighted by Gasteiger charge is 1.99. The molecule has 0 saturated heterocycles. The Bertz CT molecular complexity index is 81.1. The lowest BCUT2D eigenvalue weighted by molar-refractivity contribution is 0.145. The first kappa shape index (κ1) is 12.0. The predicted molar refractivity (Wildman–Crippen MR) is 52.7 cm³/mol. The largest absolute Gasteiger partial charge is 0.236 e. The van der Waals surface area contributed by atoms with E-state index in [4.69, 9.17) is 0 Å². The van der Waals surface area contributed by atoms with Crippen LogP contribution in [0.15, 0.2) is 0 Å². The van der Waals surface area contributed by atoms with Crippen molar-refractivity contribution in [2.45, 2.75) is 58.8 Å². The average Bonchev–Trinajstić information content (AvgIpc) is 2.10. The standard InChI is InChI=1S/C11H23O/c1-3-4-5-6-7-8-9-11(2)10-12/h11H,3-10H2,1-2H3. The van der Waals surface area contributed by atoms with E-state index in [9.17, 15) is 5.11 Å². The van der Waals surface area contributed by atoms with Gasteiger partial charge in [0, 0.05) is 0 Å². The van der Waals surface area contributed by atoms with Crippen LogP contribution >= 0.6 is 0 Å². The van der Waals surface area contributed by atoms with Crippen molar-refractivity contribution in [1.82, 2.24) is 0 Å². The van der Waals surface area contributed by atoms with E-state index in [1.54, 1.807) is 0 Å². The van der Waals surface area contributed by atoms with Gasteiger partial charge in [-0.3, -0.25) is 0 Å². The van der Waals surface area contributed by atoms with Crippen LogP contribution in [0.5, 0.6) is 0 Å². The van der Waals surface area contributed by atoms with Crippen LogP contribution in [0.3, 0.4) is 0 Å². The summed E-state index contributed by atoms with van der Waals surface area (Å²) < 4.78 is 0. The molecule has 0 aliphatic heterocycles. The molecule has 0 aliphatic carbocycles. The van der Waals surface area contributed by atoms with Gasteiger partial charge in [0.15, 0.2) is 0 Å². The molecule has 0 heterocycles. The molecule has 1 nitrogen and oxygen atoms in total. The van der Waals surface area contributed by atoms with Gasteiger partial charge in [-0.15, -0.1) is 0 Å². The van der Waals surface area contributed by atoms with Gasteiger partial charge in [-0.2, -0.15) is 0 Å². The van der Waals surface area contributed by atoms with Crippen LogP contribution in [-0.4, -0.2) is 6.61 Å². The molecule has 0 aliphatic rings. The average molecular weight is 171 g/mol. The SMILES string of the molecule is CCCCCCCCC(C)C[O]. The van der Waals surface area contributed by atoms with E-state index in [0.29, 0.717) is 5.92 Å². The maximum atomic E-state index is 10.4. The van der Waals surface area contributed by atoms with Gasteiger partial charge in [-0.25, -0.2) is 5.11 Å². The first-order chi connectivity index (χ1) is 5.81. The van der Waals surface area contributed by atoms with E-state index in [-0.39, 0.29) is 6.61 Å². The molecule has 0 spiro atoms. The van der Waals surface area contributed by atoms with Crippen molar-refractivity contribution in [3.63, 3.8) is 0 Å². The molecule has 0 aromatic heterocycles. The van der Waals surface area contributed by atoms with Crippen LogP contribution in [0.4, 0.5) is 0 Å². The molecule has 1 atom stereocenters. The molecule has 0 amide bonds. The molecule has 0 aromatic carbocycles. The van der Waals surface area contributed by atoms with Crippen LogP contribution in [0.2, 0.25) is 0 Å². The summed E-state index contributed by atoms with van der Waals surface area (Å²) >= 11 is 0. The summed E-state index contributed by atoms with van der Waals surface area (Å²) in [5.41, 5.74) is 0. The van der Waals surface area contributed by atoms with E-state index in [1.165, 1.54) is 38.5 Å². The van der Waals surface area contributed by atoms with E-state index in [1.807, 2.05) is 0 Å². The Kier molecular flexibility index (Phi) is 9.02. The minimum Gasteiger partial charge on any atom is -0.236 e. The fourth-order valence-electron chi connectivity index (χ4n) is 1.36. The maximum absolute atomic E-state index is 10.4. The van der Waals surface area contributed by atoms with E-state index < -0.39 is 0 Å². The van der Waals surface area contributed by atoms with Gasteiger partial charge >= 0.3 is 0 Å². The summed E-state index contributed by atoms with van der Waals surface area (Å²) in [5.74, 6) is 0.399. The van der Waals surface area contributed by atoms with Crippen LogP contribution < -0.4 is 0 Å². The number of unbranched alkanes of at least 4 members (excludes halogenated alkanes) is 5. The van der Waals surface area contributed by atoms with Crippen molar-refractivity contribution in [1.29, 1.82) is 0 Å². The molecule has 73 valence electrons. The fraction of sp³-hybridized carbons (Fsp3) is 1.00. The van der Waals surface area contributed by atoms with Gasteiger partial charge in [0.2, 0.25) is 0 Å². The van der Waals surface area contributed by atoms with Gasteiger partial charge in [-0.1, -0.05) is 52.4 Å². The third-order valence-corrected chi connectivity index (χ3v) is 2.33. The molecule has 0 saturated carbocycles. The molecule has 0 N–H and O–H groups in total. The zero-order chi connectivity index (χ0) is 9.23. The lowest BCUT2D eigenvalue weighted by Gasteiger charge is -2.05. The molecule has 12 heavy (non-hydrogen) atoms. The van der Waals surface area contributed by atoms with Crippen molar-refractivity contribution in [2.24, 2.45) is 5.92 Å². The third kappa shape index (κ3) is 8.06. The van der Waals surface area contributed by atoms with Crippen molar-refractivity contribution < 1.29 is 5.11 Å². The molecule has 0 bridgehead atoms. The molecule has 1 radical (unpaired) electrons. The van der Waals surface area contributed by atoms with Gasteiger partial charge in [-0.05, 0) is 12.3 Å². The van der Waals surface area contributed by atoms with Gasteiger partial charge in [0.25, 0.3) is 0 Å². The smallest absolute Gasteiger partial charge is 0.0847 e. The predicted octanol–water partition coefficient (Wildman–Crippen LogP) is 3.80. The highest BCUT2D eigenvalue weighted by molar-refractivity contribution is 4.51. The molecule has 0 rings (SSSR count). The third-order valence-electron chi connectivity index (χ3n) is 2.33. The second kappa shape index (κ2) is 9.05. The number of hydrogen-bond acceptors (Lipinski definition) is 0. The summed E-state index contributed by atoms with van der Waals surface area (Å²) in [7, 11) is 0. The van der Waals surface area contributed by atoms with Gasteiger partial charge in [0.05, 0.1) is 6.61 Å². The normalized spacial score (nSPS) is 13.2. The molecule has 1 unspecified atom stereocenters. The molecular weight excluding hydrogens is 148 g/mol. The van der Waals surface area contributed by atoms with Crippen LogP contribution in [-0.2, 0) is 5.11 Å². The molecule has 0 aromatic rings. The van der Waals surface area contributed by atoms with Gasteiger partial charge in [0.1, 0.15) is 0 Å². The summed E-state index contributed by atoms with van der Waals surface area (Å²) in [6.45, 7) is 4.40. The van der Waals surface area contributed by atoms with Crippen molar-refractivity contribution in [2.75, 3.05) is 6.61 Å². The Morgan fingerprint density at radius 3 is 2.17 bits per heavy atom. The first-order valence-electron chi connectivity index (χ1n) is 5.39. The highest BCUT2D eigenvalue weighted by atomic mass is 16.3. The lowest BCUT2D eigenvalue weighted by Crippen LogP contribution is -1.98. The first-order valence-corrected chi connectivity index (χ1v) is 5.39. The zero-order valence-electron chi connectivity index (χ0n) is 8.64. The topological polar surface area (TPSA) is 19.9 Å². The van der Waals surface area contributed by atoms with E-state index in [0.717, 1.165) is 6.42 Å². The van der Waals surface area contributed by atoms with Crippen molar-refractivity contribution in [3.05, 3.63) is 0 Å². The Labute approximate surface area is 77.2 Å². The quantitative estimate of drug-likeness (QED) is 0.495. The highest BCUT2D eigenvalue weighted by Crippen LogP contribution is 2.11. The van der Waals surface area contributed by atoms with Gasteiger partial charge < -0.3 is 0 Å². The molecular formula is C11H23O. The van der Waals surface area contributed by atoms with Crippen LogP contribution in [0, 0.1) is 5.92 Å². The Balaban J connectivity index is 2.90. The minimum absolute atomic E-state index is 0.106. The Morgan fingerprint density at radius 1 is 1.00 bits per heavy atom. The van der Waals surface area contributed by atoms with Crippen LogP contribution in [0.1, 0.15) is 58.8 Å². The zero-order valence-corrected chi connectivity index (χ0v) is 8.64. The second-order valence-electron chi connectivity index (χ2n) is 3.83. The van der Waals surface area contributed by atoms with Crippen molar-refractivity contribution in [3.8, 4) is 0 Å². The Morgan fingerprint density at radius 2 is 1.58 bits per heavy atom. The monoisotopic (exact) mass is 171 g/mol. The summed E-state index contributed by atoms with van der Waals surface area (Å²) in [4.78, 5) is 0. The van der Waals surface area contributed by atoms with Crippen LogP contribution in [0.25, 0.3) is 0 Å². The molecule has 1 heteroatoms.